The maximum atomic E-state index is 13.0. The highest BCUT2D eigenvalue weighted by Gasteiger charge is 2.35. The van der Waals surface area contributed by atoms with Crippen molar-refractivity contribution < 1.29 is 9.53 Å². The Bertz CT molecular complexity index is 1460. The first-order valence-corrected chi connectivity index (χ1v) is 14.3. The first-order chi connectivity index (χ1) is 18.3. The molecule has 0 spiro atoms. The Morgan fingerprint density at radius 3 is 2.55 bits per heavy atom. The number of amides is 1. The molecule has 4 aromatic rings. The topological polar surface area (TPSA) is 100 Å². The molecule has 1 saturated heterocycles. The summed E-state index contributed by atoms with van der Waals surface area (Å²) in [5.41, 5.74) is 2.60. The number of carbonyl (C=O) groups excluding carboxylic acids is 1. The zero-order valence-electron chi connectivity index (χ0n) is 21.2. The zero-order valence-corrected chi connectivity index (χ0v) is 23.6. The summed E-state index contributed by atoms with van der Waals surface area (Å²) in [6.45, 7) is 6.06. The molecule has 2 unspecified atom stereocenters. The summed E-state index contributed by atoms with van der Waals surface area (Å²) in [6.07, 6.45) is 0. The number of hydrogen-bond acceptors (Lipinski definition) is 8. The van der Waals surface area contributed by atoms with Gasteiger partial charge in [0.15, 0.2) is 0 Å². The fourth-order valence-electron chi connectivity index (χ4n) is 4.53. The third kappa shape index (κ3) is 5.99. The molecule has 0 saturated carbocycles. The summed E-state index contributed by atoms with van der Waals surface area (Å²) in [7, 11) is 1.99. The number of nitrogens with zero attached hydrogens (tertiary/aromatic N) is 3. The van der Waals surface area contributed by atoms with E-state index in [4.69, 9.17) is 21.3 Å². The van der Waals surface area contributed by atoms with Gasteiger partial charge in [0.1, 0.15) is 22.4 Å². The lowest BCUT2D eigenvalue weighted by Crippen LogP contribution is -2.39. The second-order valence-corrected chi connectivity index (χ2v) is 12.2. The number of likely N-dealkylation sites (N-methyl/N-ethyl adjacent to an activating group) is 1. The zero-order chi connectivity index (χ0) is 26.8. The number of aromatic nitrogens is 3. The molecule has 0 radical (unpaired) electrons. The van der Waals surface area contributed by atoms with Crippen molar-refractivity contribution in [1.29, 1.82) is 0 Å². The maximum Gasteiger partial charge on any atom is 0.322 e. The van der Waals surface area contributed by atoms with Crippen molar-refractivity contribution in [3.05, 3.63) is 84.4 Å². The first kappa shape index (κ1) is 26.6. The largest absolute Gasteiger partial charge is 0.488 e. The Balaban J connectivity index is 1.23. The lowest BCUT2D eigenvalue weighted by molar-refractivity contribution is 0.0935. The molecule has 1 aliphatic rings. The number of halogens is 1. The van der Waals surface area contributed by atoms with Crippen LogP contribution in [-0.2, 0) is 6.61 Å². The van der Waals surface area contributed by atoms with E-state index >= 15 is 0 Å². The molecule has 8 nitrogen and oxygen atoms in total. The van der Waals surface area contributed by atoms with Crippen molar-refractivity contribution in [2.24, 2.45) is 0 Å². The van der Waals surface area contributed by atoms with Gasteiger partial charge in [-0.3, -0.25) is 9.59 Å². The molecule has 5 rings (SSSR count). The summed E-state index contributed by atoms with van der Waals surface area (Å²) in [4.78, 5) is 32.4. The predicted octanol–water partition coefficient (Wildman–Crippen LogP) is 5.14. The highest BCUT2D eigenvalue weighted by atomic mass is 35.5. The third-order valence-electron chi connectivity index (χ3n) is 6.44. The normalized spacial score (nSPS) is 17.7. The van der Waals surface area contributed by atoms with Gasteiger partial charge in [-0.15, -0.1) is 11.3 Å². The number of H-pyrrole nitrogens is 1. The van der Waals surface area contributed by atoms with Gasteiger partial charge < -0.3 is 15.0 Å². The van der Waals surface area contributed by atoms with E-state index in [1.807, 2.05) is 43.4 Å². The second-order valence-electron chi connectivity index (χ2n) is 9.66. The highest BCUT2D eigenvalue weighted by molar-refractivity contribution is 7.15. The SMILES string of the molecule is CC(C)c1nc(-c2ccc(Cl)cc2)sc1COc1ccc(C(=O)NC2CN(C)CC2c2n[nH]c(=O)s2)cc1. The van der Waals surface area contributed by atoms with Crippen molar-refractivity contribution in [1.82, 2.24) is 25.4 Å². The van der Waals surface area contributed by atoms with Crippen molar-refractivity contribution in [3.63, 3.8) is 0 Å². The Labute approximate surface area is 233 Å². The molecular formula is C27H28ClN5O3S2. The van der Waals surface area contributed by atoms with E-state index in [9.17, 15) is 9.59 Å². The van der Waals surface area contributed by atoms with Crippen molar-refractivity contribution in [2.75, 3.05) is 20.1 Å². The number of thiazole rings is 1. The van der Waals surface area contributed by atoms with E-state index in [0.717, 1.165) is 44.0 Å². The van der Waals surface area contributed by atoms with Crippen LogP contribution in [0, 0.1) is 0 Å². The van der Waals surface area contributed by atoms with E-state index in [2.05, 4.69) is 34.3 Å². The standard InChI is InChI=1S/C27H28ClN5O3S2/c1-15(2)23-22(37-25(30-23)17-4-8-18(28)9-5-17)14-36-19-10-6-16(7-11-19)24(34)29-21-13-33(3)12-20(21)26-31-32-27(35)38-26/h4-11,15,20-21H,12-14H2,1-3H3,(H,29,34)(H,32,35). The molecule has 0 aliphatic carbocycles. The quantitative estimate of drug-likeness (QED) is 0.305. The van der Waals surface area contributed by atoms with Crippen molar-refractivity contribution >= 4 is 40.2 Å². The molecule has 2 aromatic carbocycles. The van der Waals surface area contributed by atoms with Crippen LogP contribution in [0.25, 0.3) is 10.6 Å². The Morgan fingerprint density at radius 1 is 1.16 bits per heavy atom. The third-order valence-corrected chi connectivity index (χ3v) is 8.67. The summed E-state index contributed by atoms with van der Waals surface area (Å²) >= 11 is 8.75. The molecule has 1 amide bonds. The fourth-order valence-corrected chi connectivity index (χ4v) is 6.56. The minimum Gasteiger partial charge on any atom is -0.488 e. The smallest absolute Gasteiger partial charge is 0.322 e. The molecule has 1 aliphatic heterocycles. The molecule has 2 atom stereocenters. The number of likely N-dealkylation sites (tertiary alicyclic amines) is 1. The fraction of sp³-hybridized carbons (Fsp3) is 0.333. The number of ether oxygens (including phenoxy) is 1. The van der Waals surface area contributed by atoms with Crippen LogP contribution in [0.5, 0.6) is 5.75 Å². The van der Waals surface area contributed by atoms with Gasteiger partial charge in [0.25, 0.3) is 5.91 Å². The molecule has 38 heavy (non-hydrogen) atoms. The van der Waals surface area contributed by atoms with Gasteiger partial charge in [-0.05, 0) is 49.4 Å². The van der Waals surface area contributed by atoms with Gasteiger partial charge in [-0.1, -0.05) is 48.9 Å². The minimum atomic E-state index is -0.185. The Kier molecular flexibility index (Phi) is 7.94. The number of nitrogens with one attached hydrogen (secondary N) is 2. The summed E-state index contributed by atoms with van der Waals surface area (Å²) in [5.74, 6) is 0.750. The molecule has 3 heterocycles. The predicted molar refractivity (Wildman–Crippen MR) is 152 cm³/mol. The van der Waals surface area contributed by atoms with Crippen LogP contribution in [0.1, 0.15) is 51.6 Å². The monoisotopic (exact) mass is 569 g/mol. The lowest BCUT2D eigenvalue weighted by atomic mass is 10.0. The van der Waals surface area contributed by atoms with Gasteiger partial charge >= 0.3 is 4.87 Å². The molecule has 2 N–H and O–H groups in total. The van der Waals surface area contributed by atoms with E-state index in [1.165, 1.54) is 0 Å². The number of aromatic amines is 1. The van der Waals surface area contributed by atoms with E-state index in [-0.39, 0.29) is 28.7 Å². The molecule has 198 valence electrons. The van der Waals surface area contributed by atoms with Gasteiger partial charge in [-0.25, -0.2) is 10.1 Å². The maximum absolute atomic E-state index is 13.0. The highest BCUT2D eigenvalue weighted by Crippen LogP contribution is 2.33. The Morgan fingerprint density at radius 2 is 1.89 bits per heavy atom. The van der Waals surface area contributed by atoms with Crippen LogP contribution < -0.4 is 14.9 Å². The molecule has 11 heteroatoms. The van der Waals surface area contributed by atoms with Crippen LogP contribution in [-0.4, -0.2) is 52.2 Å². The van der Waals surface area contributed by atoms with E-state index in [0.29, 0.717) is 29.5 Å². The molecule has 1 fully saturated rings. The average Bonchev–Trinajstić information content (AvgIpc) is 3.61. The van der Waals surface area contributed by atoms with Gasteiger partial charge in [0, 0.05) is 35.2 Å². The summed E-state index contributed by atoms with van der Waals surface area (Å²) in [6, 6.07) is 14.7. The van der Waals surface area contributed by atoms with Crippen molar-refractivity contribution in [2.45, 2.75) is 38.3 Å². The number of carbonyl (C=O) groups is 1. The average molecular weight is 570 g/mol. The number of hydrogen-bond donors (Lipinski definition) is 2. The van der Waals surface area contributed by atoms with E-state index < -0.39 is 0 Å². The number of benzene rings is 2. The van der Waals surface area contributed by atoms with Gasteiger partial charge in [0.05, 0.1) is 16.6 Å². The number of rotatable bonds is 8. The lowest BCUT2D eigenvalue weighted by Gasteiger charge is -2.18. The van der Waals surface area contributed by atoms with E-state index in [1.54, 1.807) is 23.5 Å². The summed E-state index contributed by atoms with van der Waals surface area (Å²) < 4.78 is 6.08. The Hall–Kier alpha value is -3.05. The summed E-state index contributed by atoms with van der Waals surface area (Å²) in [5, 5.41) is 12.1. The van der Waals surface area contributed by atoms with Crippen LogP contribution in [0.15, 0.2) is 53.3 Å². The van der Waals surface area contributed by atoms with Gasteiger partial charge in [-0.2, -0.15) is 5.10 Å². The second kappa shape index (κ2) is 11.4. The van der Waals surface area contributed by atoms with Crippen molar-refractivity contribution in [3.8, 4) is 16.3 Å². The molecule has 0 bridgehead atoms. The van der Waals surface area contributed by atoms with Crippen LogP contribution in [0.2, 0.25) is 5.02 Å². The minimum absolute atomic E-state index is 0.0252. The molecule has 2 aromatic heterocycles. The van der Waals surface area contributed by atoms with Crippen LogP contribution >= 0.6 is 34.3 Å². The first-order valence-electron chi connectivity index (χ1n) is 12.3. The van der Waals surface area contributed by atoms with Crippen LogP contribution in [0.3, 0.4) is 0 Å². The molecular weight excluding hydrogens is 542 g/mol. The van der Waals surface area contributed by atoms with Gasteiger partial charge in [0.2, 0.25) is 0 Å². The van der Waals surface area contributed by atoms with Crippen LogP contribution in [0.4, 0.5) is 0 Å².